The van der Waals surface area contributed by atoms with Crippen molar-refractivity contribution in [2.24, 2.45) is 0 Å². The van der Waals surface area contributed by atoms with E-state index in [1.54, 1.807) is 23.1 Å². The Balaban J connectivity index is 1.74. The molecule has 2 aromatic heterocycles. The Bertz CT molecular complexity index is 661. The molecule has 0 radical (unpaired) electrons. The monoisotopic (exact) mass is 287 g/mol. The highest BCUT2D eigenvalue weighted by atomic mass is 32.2. The van der Waals surface area contributed by atoms with Crippen LogP contribution in [0, 0.1) is 0 Å². The summed E-state index contributed by atoms with van der Waals surface area (Å²) in [5.41, 5.74) is 3.23. The first kappa shape index (κ1) is 12.4. The standard InChI is InChI=1S/C14H13N3S2/c1-15-10-6-7-16-11(8-10)9-18-14-17-12-4-2-3-5-13(12)19-14/h2-8H,9H2,1H3,(H,15,16). The van der Waals surface area contributed by atoms with Crippen molar-refractivity contribution in [1.29, 1.82) is 0 Å². The van der Waals surface area contributed by atoms with Crippen molar-refractivity contribution in [3.8, 4) is 0 Å². The SMILES string of the molecule is CNc1ccnc(CSc2nc3ccccc3s2)c1. The number of thioether (sulfide) groups is 1. The molecule has 0 atom stereocenters. The molecule has 0 saturated heterocycles. The second-order valence-corrected chi connectivity index (χ2v) is 6.28. The molecule has 0 amide bonds. The van der Waals surface area contributed by atoms with Crippen molar-refractivity contribution in [2.75, 3.05) is 12.4 Å². The van der Waals surface area contributed by atoms with Crippen LogP contribution in [-0.2, 0) is 5.75 Å². The molecule has 0 spiro atoms. The summed E-state index contributed by atoms with van der Waals surface area (Å²) < 4.78 is 2.33. The van der Waals surface area contributed by atoms with E-state index in [0.29, 0.717) is 0 Å². The van der Waals surface area contributed by atoms with Crippen LogP contribution in [0.3, 0.4) is 0 Å². The molecule has 5 heteroatoms. The summed E-state index contributed by atoms with van der Waals surface area (Å²) in [6.07, 6.45) is 1.83. The Hall–Kier alpha value is -1.59. The molecule has 3 nitrogen and oxygen atoms in total. The summed E-state index contributed by atoms with van der Waals surface area (Å²) >= 11 is 3.47. The first-order valence-electron chi connectivity index (χ1n) is 5.96. The lowest BCUT2D eigenvalue weighted by molar-refractivity contribution is 1.17. The summed E-state index contributed by atoms with van der Waals surface area (Å²) in [5.74, 6) is 0.843. The van der Waals surface area contributed by atoms with Gasteiger partial charge in [0.25, 0.3) is 0 Å². The molecule has 0 fully saturated rings. The van der Waals surface area contributed by atoms with Crippen LogP contribution in [0.4, 0.5) is 5.69 Å². The molecular weight excluding hydrogens is 274 g/mol. The molecule has 2 heterocycles. The molecule has 19 heavy (non-hydrogen) atoms. The second kappa shape index (κ2) is 5.59. The molecule has 0 unspecified atom stereocenters. The average Bonchev–Trinajstić information content (AvgIpc) is 2.88. The van der Waals surface area contributed by atoms with Crippen molar-refractivity contribution in [2.45, 2.75) is 10.1 Å². The Kier molecular flexibility index (Phi) is 3.66. The van der Waals surface area contributed by atoms with Gasteiger partial charge in [-0.2, -0.15) is 0 Å². The largest absolute Gasteiger partial charge is 0.388 e. The van der Waals surface area contributed by atoms with Gasteiger partial charge >= 0.3 is 0 Å². The molecule has 1 N–H and O–H groups in total. The van der Waals surface area contributed by atoms with Crippen molar-refractivity contribution < 1.29 is 0 Å². The van der Waals surface area contributed by atoms with E-state index in [1.807, 2.05) is 31.4 Å². The summed E-state index contributed by atoms with van der Waals surface area (Å²) in [6.45, 7) is 0. The fourth-order valence-electron chi connectivity index (χ4n) is 1.76. The number of nitrogens with zero attached hydrogens (tertiary/aromatic N) is 2. The van der Waals surface area contributed by atoms with Crippen LogP contribution in [0.1, 0.15) is 5.69 Å². The number of nitrogens with one attached hydrogen (secondary N) is 1. The molecule has 3 rings (SSSR count). The minimum absolute atomic E-state index is 0.843. The van der Waals surface area contributed by atoms with Gasteiger partial charge in [-0.3, -0.25) is 4.98 Å². The molecule has 0 saturated carbocycles. The first-order chi connectivity index (χ1) is 9.35. The summed E-state index contributed by atoms with van der Waals surface area (Å²) in [4.78, 5) is 8.98. The zero-order chi connectivity index (χ0) is 13.1. The Morgan fingerprint density at radius 1 is 1.26 bits per heavy atom. The van der Waals surface area contributed by atoms with Crippen LogP contribution in [0.2, 0.25) is 0 Å². The summed E-state index contributed by atoms with van der Waals surface area (Å²) in [6, 6.07) is 12.3. The highest BCUT2D eigenvalue weighted by Crippen LogP contribution is 2.31. The van der Waals surface area contributed by atoms with E-state index in [2.05, 4.69) is 33.5 Å². The van der Waals surface area contributed by atoms with Gasteiger partial charge in [-0.05, 0) is 24.3 Å². The Morgan fingerprint density at radius 2 is 2.16 bits per heavy atom. The van der Waals surface area contributed by atoms with E-state index in [-0.39, 0.29) is 0 Å². The van der Waals surface area contributed by atoms with Crippen LogP contribution in [0.5, 0.6) is 0 Å². The fraction of sp³-hybridized carbons (Fsp3) is 0.143. The minimum Gasteiger partial charge on any atom is -0.388 e. The van der Waals surface area contributed by atoms with Gasteiger partial charge in [-0.15, -0.1) is 11.3 Å². The van der Waals surface area contributed by atoms with E-state index < -0.39 is 0 Å². The third kappa shape index (κ3) is 2.88. The summed E-state index contributed by atoms with van der Waals surface area (Å²) in [7, 11) is 1.92. The van der Waals surface area contributed by atoms with Crippen LogP contribution < -0.4 is 5.32 Å². The van der Waals surface area contributed by atoms with Crippen LogP contribution >= 0.6 is 23.1 Å². The number of fused-ring (bicyclic) bond motifs is 1. The van der Waals surface area contributed by atoms with Crippen LogP contribution in [0.15, 0.2) is 46.9 Å². The van der Waals surface area contributed by atoms with Gasteiger partial charge in [0.1, 0.15) is 0 Å². The zero-order valence-electron chi connectivity index (χ0n) is 10.5. The van der Waals surface area contributed by atoms with E-state index >= 15 is 0 Å². The van der Waals surface area contributed by atoms with Crippen molar-refractivity contribution >= 4 is 39.0 Å². The van der Waals surface area contributed by atoms with E-state index in [0.717, 1.165) is 27.0 Å². The number of para-hydroxylation sites is 1. The van der Waals surface area contributed by atoms with Gasteiger partial charge in [-0.1, -0.05) is 23.9 Å². The number of pyridine rings is 1. The van der Waals surface area contributed by atoms with E-state index in [4.69, 9.17) is 0 Å². The van der Waals surface area contributed by atoms with Gasteiger partial charge in [0.15, 0.2) is 4.34 Å². The maximum absolute atomic E-state index is 4.61. The van der Waals surface area contributed by atoms with Gasteiger partial charge in [0, 0.05) is 24.7 Å². The smallest absolute Gasteiger partial charge is 0.151 e. The lowest BCUT2D eigenvalue weighted by Crippen LogP contribution is -1.92. The lowest BCUT2D eigenvalue weighted by Gasteiger charge is -2.02. The Morgan fingerprint density at radius 3 is 3.00 bits per heavy atom. The highest BCUT2D eigenvalue weighted by Gasteiger charge is 2.05. The van der Waals surface area contributed by atoms with E-state index in [1.165, 1.54) is 4.70 Å². The lowest BCUT2D eigenvalue weighted by atomic mass is 10.3. The summed E-state index contributed by atoms with van der Waals surface area (Å²) in [5, 5.41) is 3.12. The van der Waals surface area contributed by atoms with Crippen LogP contribution in [-0.4, -0.2) is 17.0 Å². The fourth-order valence-corrected chi connectivity index (χ4v) is 3.73. The highest BCUT2D eigenvalue weighted by molar-refractivity contribution is 8.00. The molecular formula is C14H13N3S2. The molecule has 0 aliphatic rings. The number of hydrogen-bond donors (Lipinski definition) is 1. The number of rotatable bonds is 4. The topological polar surface area (TPSA) is 37.8 Å². The number of hydrogen-bond acceptors (Lipinski definition) is 5. The third-order valence-corrected chi connectivity index (χ3v) is 4.94. The molecule has 0 aliphatic heterocycles. The molecule has 0 aliphatic carbocycles. The maximum Gasteiger partial charge on any atom is 0.151 e. The molecule has 0 bridgehead atoms. The zero-order valence-corrected chi connectivity index (χ0v) is 12.1. The van der Waals surface area contributed by atoms with Crippen LogP contribution in [0.25, 0.3) is 10.2 Å². The molecule has 3 aromatic rings. The predicted molar refractivity (Wildman–Crippen MR) is 83.0 cm³/mol. The van der Waals surface area contributed by atoms with Crippen molar-refractivity contribution in [3.05, 3.63) is 48.3 Å². The number of thiazole rings is 1. The average molecular weight is 287 g/mol. The van der Waals surface area contributed by atoms with Crippen molar-refractivity contribution in [3.63, 3.8) is 0 Å². The van der Waals surface area contributed by atoms with Crippen molar-refractivity contribution in [1.82, 2.24) is 9.97 Å². The van der Waals surface area contributed by atoms with E-state index in [9.17, 15) is 0 Å². The third-order valence-electron chi connectivity index (χ3n) is 2.72. The Labute approximate surface area is 120 Å². The first-order valence-corrected chi connectivity index (χ1v) is 7.76. The normalized spacial score (nSPS) is 10.8. The van der Waals surface area contributed by atoms with Gasteiger partial charge < -0.3 is 5.32 Å². The minimum atomic E-state index is 0.843. The molecule has 96 valence electrons. The second-order valence-electron chi connectivity index (χ2n) is 4.02. The van der Waals surface area contributed by atoms with Gasteiger partial charge in [0.05, 0.1) is 15.9 Å². The number of benzene rings is 1. The predicted octanol–water partition coefficient (Wildman–Crippen LogP) is 4.03. The van der Waals surface area contributed by atoms with Gasteiger partial charge in [0.2, 0.25) is 0 Å². The number of aromatic nitrogens is 2. The quantitative estimate of drug-likeness (QED) is 0.735. The maximum atomic E-state index is 4.61. The number of anilines is 1. The molecule has 1 aromatic carbocycles. The van der Waals surface area contributed by atoms with Gasteiger partial charge in [-0.25, -0.2) is 4.98 Å².